The Morgan fingerprint density at radius 1 is 1.18 bits per heavy atom. The fourth-order valence-electron chi connectivity index (χ4n) is 0. The van der Waals surface area contributed by atoms with Crippen molar-refractivity contribution in [2.24, 2.45) is 0 Å². The molecular formula is C2H3O6SZr2+5. The van der Waals surface area contributed by atoms with Crippen molar-refractivity contribution < 1.29 is 79.8 Å². The Labute approximate surface area is 102 Å². The van der Waals surface area contributed by atoms with Crippen LogP contribution in [0.4, 0.5) is 0 Å². The van der Waals surface area contributed by atoms with E-state index in [1.165, 1.54) is 0 Å². The van der Waals surface area contributed by atoms with Gasteiger partial charge in [0.2, 0.25) is 0 Å². The molecule has 0 saturated heterocycles. The average Bonchev–Trinajstić information content (AvgIpc) is 1.19. The minimum Gasteiger partial charge on any atom is -0.759 e. The van der Waals surface area contributed by atoms with Gasteiger partial charge < -0.3 is 19.0 Å². The van der Waals surface area contributed by atoms with Crippen LogP contribution < -0.4 is 5.11 Å². The minimum absolute atomic E-state index is 0. The zero-order valence-corrected chi connectivity index (χ0v) is 11.1. The number of carboxylic acids is 1. The third-order valence-electron chi connectivity index (χ3n) is 0. The number of aliphatic carboxylic acids is 1. The summed E-state index contributed by atoms with van der Waals surface area (Å²) in [5, 5.41) is 8.89. The third-order valence-corrected chi connectivity index (χ3v) is 0. The van der Waals surface area contributed by atoms with Crippen LogP contribution in [-0.4, -0.2) is 23.5 Å². The molecule has 0 radical (unpaired) electrons. The van der Waals surface area contributed by atoms with Gasteiger partial charge >= 0.3 is 52.4 Å². The van der Waals surface area contributed by atoms with E-state index in [9.17, 15) is 0 Å². The summed E-state index contributed by atoms with van der Waals surface area (Å²) >= 11 is 0. The predicted molar refractivity (Wildman–Crippen MR) is 21.2 cm³/mol. The normalized spacial score (nSPS) is 7.55. The molecule has 11 heavy (non-hydrogen) atoms. The fraction of sp³-hybridized carbons (Fsp3) is 0.500. The van der Waals surface area contributed by atoms with E-state index in [1.54, 1.807) is 0 Å². The van der Waals surface area contributed by atoms with Crippen LogP contribution in [0.1, 0.15) is 6.92 Å². The average molecular weight is 338 g/mol. The monoisotopic (exact) mass is 335 g/mol. The molecule has 0 bridgehead atoms. The minimum atomic E-state index is -5.17. The summed E-state index contributed by atoms with van der Waals surface area (Å²) in [5.74, 6) is -1.08. The summed E-state index contributed by atoms with van der Waals surface area (Å²) in [6.07, 6.45) is 0. The van der Waals surface area contributed by atoms with Gasteiger partial charge in [0.15, 0.2) is 0 Å². The van der Waals surface area contributed by atoms with Gasteiger partial charge in [-0.2, -0.15) is 0 Å². The molecule has 0 rings (SSSR count). The summed E-state index contributed by atoms with van der Waals surface area (Å²) in [6, 6.07) is 0. The maximum Gasteiger partial charge on any atom is 4.00 e. The van der Waals surface area contributed by atoms with Crippen LogP contribution in [0.3, 0.4) is 0 Å². The molecule has 0 amide bonds. The maximum atomic E-state index is 8.89. The Morgan fingerprint density at radius 2 is 1.18 bits per heavy atom. The number of carboxylic acid groups (broad SMARTS) is 1. The smallest absolute Gasteiger partial charge is 0.759 e. The Bertz CT molecular complexity index is 161. The maximum absolute atomic E-state index is 8.89. The van der Waals surface area contributed by atoms with E-state index >= 15 is 0 Å². The van der Waals surface area contributed by atoms with Gasteiger partial charge in [-0.25, -0.2) is 0 Å². The molecule has 56 valence electrons. The standard InChI is InChI=1S/C2H4O2.H2O4S.2Zr/c1-2(3)4;1-5(2,3)4;;/h1H3,(H,3,4);(H2,1,2,3,4);;/q;;2*+4/p-3. The number of rotatable bonds is 0. The van der Waals surface area contributed by atoms with E-state index < -0.39 is 16.4 Å². The zero-order chi connectivity index (χ0) is 8.08. The molecule has 6 nitrogen and oxygen atoms in total. The van der Waals surface area contributed by atoms with Crippen molar-refractivity contribution in [2.45, 2.75) is 6.92 Å². The molecular weight excluding hydrogens is 335 g/mol. The summed E-state index contributed by atoms with van der Waals surface area (Å²) in [5.41, 5.74) is 0. The van der Waals surface area contributed by atoms with Crippen molar-refractivity contribution in [2.75, 3.05) is 0 Å². The van der Waals surface area contributed by atoms with Gasteiger partial charge in [0.1, 0.15) is 0 Å². The Kier molecular flexibility index (Phi) is 22.9. The second kappa shape index (κ2) is 11.1. The first kappa shape index (κ1) is 22.7. The molecule has 0 aromatic rings. The first-order valence-electron chi connectivity index (χ1n) is 1.57. The first-order chi connectivity index (χ1) is 3.73. The summed E-state index contributed by atoms with van der Waals surface area (Å²) in [7, 11) is -5.17. The van der Waals surface area contributed by atoms with Gasteiger partial charge in [-0.15, -0.1) is 0 Å². The van der Waals surface area contributed by atoms with Gasteiger partial charge in [0, 0.05) is 16.4 Å². The Hall–Kier alpha value is 1.11. The molecule has 0 aliphatic carbocycles. The quantitative estimate of drug-likeness (QED) is 0.353. The van der Waals surface area contributed by atoms with Gasteiger partial charge in [-0.1, -0.05) is 0 Å². The molecule has 0 aliphatic rings. The van der Waals surface area contributed by atoms with Gasteiger partial charge in [-0.05, 0) is 6.92 Å². The molecule has 0 fully saturated rings. The second-order valence-electron chi connectivity index (χ2n) is 0.900. The number of carbonyl (C=O) groups excluding carboxylic acids is 1. The van der Waals surface area contributed by atoms with Crippen molar-refractivity contribution in [1.29, 1.82) is 0 Å². The molecule has 0 aliphatic heterocycles. The van der Waals surface area contributed by atoms with Crippen LogP contribution in [0.2, 0.25) is 0 Å². The molecule has 0 heterocycles. The van der Waals surface area contributed by atoms with Gasteiger partial charge in [0.05, 0.1) is 0 Å². The molecule has 0 unspecified atom stereocenters. The molecule has 0 atom stereocenters. The van der Waals surface area contributed by atoms with E-state index in [0.717, 1.165) is 6.92 Å². The van der Waals surface area contributed by atoms with Crippen molar-refractivity contribution in [1.82, 2.24) is 0 Å². The van der Waals surface area contributed by atoms with Crippen molar-refractivity contribution in [3.8, 4) is 0 Å². The van der Waals surface area contributed by atoms with E-state index in [1.807, 2.05) is 0 Å². The largest absolute Gasteiger partial charge is 4.00 e. The Morgan fingerprint density at radius 3 is 1.18 bits per heavy atom. The molecule has 0 saturated carbocycles. The van der Waals surface area contributed by atoms with Crippen molar-refractivity contribution in [3.05, 3.63) is 0 Å². The summed E-state index contributed by atoms with van der Waals surface area (Å²) < 4.78 is 34.1. The third kappa shape index (κ3) is 753. The topological polar surface area (TPSA) is 120 Å². The summed E-state index contributed by atoms with van der Waals surface area (Å²) in [4.78, 5) is 8.89. The van der Waals surface area contributed by atoms with Crippen LogP contribution in [-0.2, 0) is 67.6 Å². The molecule has 0 spiro atoms. The SMILES string of the molecule is CC(=O)[O-].O=S(=O)([O-])[O-].[Zr+4].[Zr+4]. The van der Waals surface area contributed by atoms with E-state index in [4.69, 9.17) is 27.4 Å². The van der Waals surface area contributed by atoms with E-state index in [0.29, 0.717) is 0 Å². The van der Waals surface area contributed by atoms with Crippen LogP contribution in [0.5, 0.6) is 0 Å². The van der Waals surface area contributed by atoms with Crippen molar-refractivity contribution in [3.63, 3.8) is 0 Å². The molecule has 9 heteroatoms. The fourth-order valence-corrected chi connectivity index (χ4v) is 0. The van der Waals surface area contributed by atoms with Gasteiger partial charge in [-0.3, -0.25) is 8.42 Å². The van der Waals surface area contributed by atoms with Crippen LogP contribution in [0.15, 0.2) is 0 Å². The number of carbonyl (C=O) groups is 1. The molecule has 0 aromatic carbocycles. The van der Waals surface area contributed by atoms with Gasteiger partial charge in [0.25, 0.3) is 0 Å². The second-order valence-corrected chi connectivity index (χ2v) is 1.72. The number of hydrogen-bond acceptors (Lipinski definition) is 6. The van der Waals surface area contributed by atoms with Crippen molar-refractivity contribution >= 4 is 16.4 Å². The van der Waals surface area contributed by atoms with E-state index in [2.05, 4.69) is 0 Å². The number of hydrogen-bond donors (Lipinski definition) is 0. The predicted octanol–water partition coefficient (Wildman–Crippen LogP) is -2.59. The zero-order valence-electron chi connectivity index (χ0n) is 5.36. The van der Waals surface area contributed by atoms with Crippen LogP contribution in [0, 0.1) is 0 Å². The van der Waals surface area contributed by atoms with Crippen LogP contribution >= 0.6 is 0 Å². The molecule has 0 aromatic heterocycles. The first-order valence-corrected chi connectivity index (χ1v) is 2.91. The molecule has 0 N–H and O–H groups in total. The van der Waals surface area contributed by atoms with E-state index in [-0.39, 0.29) is 52.4 Å². The Balaban J connectivity index is -0.0000000383. The summed E-state index contributed by atoms with van der Waals surface area (Å²) in [6.45, 7) is 0.972. The van der Waals surface area contributed by atoms with Crippen LogP contribution in [0.25, 0.3) is 0 Å².